The molecule has 0 aliphatic carbocycles. The Bertz CT molecular complexity index is 1010. The minimum atomic E-state index is -1.27. The van der Waals surface area contributed by atoms with Gasteiger partial charge in [0.2, 0.25) is 6.10 Å². The zero-order valence-corrected chi connectivity index (χ0v) is 19.5. The van der Waals surface area contributed by atoms with E-state index in [1.807, 2.05) is 53.7 Å². The summed E-state index contributed by atoms with van der Waals surface area (Å²) in [5.41, 5.74) is 2.52. The lowest BCUT2D eigenvalue weighted by molar-refractivity contribution is -0.152. The van der Waals surface area contributed by atoms with E-state index < -0.39 is 42.1 Å². The normalized spacial score (nSPS) is 17.7. The Morgan fingerprint density at radius 1 is 1.03 bits per heavy atom. The van der Waals surface area contributed by atoms with Crippen LogP contribution >= 0.6 is 0 Å². The van der Waals surface area contributed by atoms with Crippen molar-refractivity contribution in [3.63, 3.8) is 0 Å². The summed E-state index contributed by atoms with van der Waals surface area (Å²) in [4.78, 5) is 24.5. The lowest BCUT2D eigenvalue weighted by atomic mass is 9.73. The predicted octanol–water partition coefficient (Wildman–Crippen LogP) is 3.98. The number of hydrogen-bond donors (Lipinski definition) is 1. The summed E-state index contributed by atoms with van der Waals surface area (Å²) >= 11 is 0. The van der Waals surface area contributed by atoms with Crippen LogP contribution in [0.1, 0.15) is 57.4 Å². The first-order chi connectivity index (χ1) is 14.8. The quantitative estimate of drug-likeness (QED) is 0.561. The molecule has 0 bridgehead atoms. The molecule has 1 unspecified atom stereocenters. The largest absolute Gasteiger partial charge is 0.495 e. The summed E-state index contributed by atoms with van der Waals surface area (Å²) in [5.74, 6) is -1.74. The molecule has 3 rings (SSSR count). The Labute approximate surface area is 188 Å². The first-order valence-electron chi connectivity index (χ1n) is 10.5. The molecule has 1 aliphatic rings. The highest BCUT2D eigenvalue weighted by Gasteiger charge is 2.52. The summed E-state index contributed by atoms with van der Waals surface area (Å²) in [6.45, 7) is 13.0. The van der Waals surface area contributed by atoms with E-state index in [0.29, 0.717) is 5.69 Å². The van der Waals surface area contributed by atoms with Crippen LogP contribution in [0.15, 0.2) is 36.4 Å². The Balaban J connectivity index is 1.86. The number of benzene rings is 2. The molecule has 1 heterocycles. The molecule has 0 aromatic heterocycles. The first-order valence-corrected chi connectivity index (χ1v) is 10.5. The van der Waals surface area contributed by atoms with Crippen LogP contribution in [0.5, 0.6) is 0 Å². The Hall–Kier alpha value is -2.71. The minimum absolute atomic E-state index is 0.250. The number of rotatable bonds is 5. The van der Waals surface area contributed by atoms with Gasteiger partial charge in [-0.15, -0.1) is 0 Å². The number of anilines is 1. The van der Waals surface area contributed by atoms with Crippen molar-refractivity contribution >= 4 is 30.1 Å². The Morgan fingerprint density at radius 2 is 1.59 bits per heavy atom. The Kier molecular flexibility index (Phi) is 6.49. The van der Waals surface area contributed by atoms with Crippen molar-refractivity contribution in [3.8, 4) is 0 Å². The van der Waals surface area contributed by atoms with Gasteiger partial charge in [-0.3, -0.25) is 9.59 Å². The number of amides is 1. The second-order valence-corrected chi connectivity index (χ2v) is 9.15. The summed E-state index contributed by atoms with van der Waals surface area (Å²) in [6.07, 6.45) is -1.27. The van der Waals surface area contributed by atoms with Gasteiger partial charge in [0, 0.05) is 18.2 Å². The van der Waals surface area contributed by atoms with Crippen molar-refractivity contribution in [3.05, 3.63) is 58.9 Å². The van der Waals surface area contributed by atoms with Crippen molar-refractivity contribution in [1.29, 1.82) is 0 Å². The monoisotopic (exact) mass is 441 g/mol. The highest BCUT2D eigenvalue weighted by atomic mass is 19.1. The lowest BCUT2D eigenvalue weighted by Gasteiger charge is -2.32. The van der Waals surface area contributed by atoms with E-state index in [1.54, 1.807) is 0 Å². The molecule has 0 radical (unpaired) electrons. The number of nitrogens with one attached hydrogen (secondary N) is 1. The third-order valence-electron chi connectivity index (χ3n) is 6.02. The van der Waals surface area contributed by atoms with Gasteiger partial charge in [0.1, 0.15) is 5.82 Å². The van der Waals surface area contributed by atoms with Crippen LogP contribution in [0.2, 0.25) is 0 Å². The van der Waals surface area contributed by atoms with Gasteiger partial charge in [0.25, 0.3) is 5.91 Å². The van der Waals surface area contributed by atoms with E-state index in [4.69, 9.17) is 14.0 Å². The predicted molar refractivity (Wildman–Crippen MR) is 121 cm³/mol. The van der Waals surface area contributed by atoms with Gasteiger partial charge in [0.05, 0.1) is 11.2 Å². The van der Waals surface area contributed by atoms with Crippen LogP contribution in [0, 0.1) is 19.7 Å². The van der Waals surface area contributed by atoms with Crippen LogP contribution in [0.25, 0.3) is 0 Å². The second kappa shape index (κ2) is 8.67. The number of ether oxygens (including phenoxy) is 1. The minimum Gasteiger partial charge on any atom is -0.447 e. The molecule has 1 saturated heterocycles. The van der Waals surface area contributed by atoms with Crippen molar-refractivity contribution in [2.24, 2.45) is 0 Å². The summed E-state index contributed by atoms with van der Waals surface area (Å²) in [6, 6.07) is 9.04. The fourth-order valence-corrected chi connectivity index (χ4v) is 3.70. The fraction of sp³-hybridized carbons (Fsp3) is 0.417. The molecule has 1 amide bonds. The molecule has 32 heavy (non-hydrogen) atoms. The lowest BCUT2D eigenvalue weighted by Crippen LogP contribution is -2.41. The highest BCUT2D eigenvalue weighted by Crippen LogP contribution is 2.37. The van der Waals surface area contributed by atoms with E-state index in [9.17, 15) is 14.0 Å². The highest BCUT2D eigenvalue weighted by molar-refractivity contribution is 6.63. The first kappa shape index (κ1) is 23.9. The van der Waals surface area contributed by atoms with E-state index >= 15 is 0 Å². The summed E-state index contributed by atoms with van der Waals surface area (Å²) in [5, 5.41) is 2.78. The molecular weight excluding hydrogens is 412 g/mol. The molecule has 0 saturated carbocycles. The average Bonchev–Trinajstić information content (AvgIpc) is 2.85. The zero-order valence-electron chi connectivity index (χ0n) is 19.5. The maximum Gasteiger partial charge on any atom is 0.495 e. The van der Waals surface area contributed by atoms with Gasteiger partial charge in [-0.1, -0.05) is 12.1 Å². The van der Waals surface area contributed by atoms with Crippen LogP contribution in [-0.4, -0.2) is 30.2 Å². The number of halogens is 1. The molecule has 0 spiro atoms. The van der Waals surface area contributed by atoms with Gasteiger partial charge in [-0.25, -0.2) is 4.39 Å². The summed E-state index contributed by atoms with van der Waals surface area (Å²) < 4.78 is 31.2. The van der Waals surface area contributed by atoms with E-state index in [2.05, 4.69) is 5.32 Å². The van der Waals surface area contributed by atoms with Crippen molar-refractivity contribution in [2.75, 3.05) is 5.32 Å². The Morgan fingerprint density at radius 3 is 2.09 bits per heavy atom. The zero-order chi connectivity index (χ0) is 23.8. The molecule has 8 heteroatoms. The molecule has 1 N–H and O–H groups in total. The van der Waals surface area contributed by atoms with Gasteiger partial charge in [0.15, 0.2) is 0 Å². The SMILES string of the molecule is CC(=O)OC(C(=O)Nc1cc(C)c(B2OC(C)(C)C(C)(C)O2)c(C)c1)c1cccc(F)c1. The van der Waals surface area contributed by atoms with Crippen LogP contribution in [0.3, 0.4) is 0 Å². The number of hydrogen-bond acceptors (Lipinski definition) is 5. The molecular formula is C24H29BFNO5. The maximum atomic E-state index is 13.7. The molecule has 1 atom stereocenters. The third kappa shape index (κ3) is 4.86. The average molecular weight is 441 g/mol. The molecule has 170 valence electrons. The van der Waals surface area contributed by atoms with Gasteiger partial charge >= 0.3 is 13.1 Å². The van der Waals surface area contributed by atoms with Crippen LogP contribution < -0.4 is 10.8 Å². The third-order valence-corrected chi connectivity index (χ3v) is 6.02. The molecule has 1 aliphatic heterocycles. The maximum absolute atomic E-state index is 13.7. The van der Waals surface area contributed by atoms with E-state index in [-0.39, 0.29) is 5.56 Å². The van der Waals surface area contributed by atoms with Crippen LogP contribution in [-0.2, 0) is 23.6 Å². The van der Waals surface area contributed by atoms with Crippen LogP contribution in [0.4, 0.5) is 10.1 Å². The van der Waals surface area contributed by atoms with Gasteiger partial charge < -0.3 is 19.4 Å². The van der Waals surface area contributed by atoms with Crippen molar-refractivity contribution < 1.29 is 28.0 Å². The van der Waals surface area contributed by atoms with Crippen molar-refractivity contribution in [1.82, 2.24) is 0 Å². The number of esters is 1. The number of carbonyl (C=O) groups excluding carboxylic acids is 2. The second-order valence-electron chi connectivity index (χ2n) is 9.15. The topological polar surface area (TPSA) is 73.9 Å². The molecule has 2 aromatic rings. The summed E-state index contributed by atoms with van der Waals surface area (Å²) in [7, 11) is -0.522. The number of aryl methyl sites for hydroxylation is 2. The fourth-order valence-electron chi connectivity index (χ4n) is 3.70. The molecule has 2 aromatic carbocycles. The van der Waals surface area contributed by atoms with Gasteiger partial charge in [-0.2, -0.15) is 0 Å². The van der Waals surface area contributed by atoms with E-state index in [0.717, 1.165) is 16.6 Å². The number of carbonyl (C=O) groups is 2. The smallest absolute Gasteiger partial charge is 0.447 e. The standard InChI is InChI=1S/C24H29BFNO5/c1-14-11-19(12-15(2)20(14)25-31-23(4,5)24(6,7)32-25)27-22(29)21(30-16(3)28)17-9-8-10-18(26)13-17/h8-13,21H,1-7H3,(H,27,29). The van der Waals surface area contributed by atoms with E-state index in [1.165, 1.54) is 31.2 Å². The van der Waals surface area contributed by atoms with Gasteiger partial charge in [-0.05, 0) is 82.4 Å². The molecule has 6 nitrogen and oxygen atoms in total. The van der Waals surface area contributed by atoms with Crippen molar-refractivity contribution in [2.45, 2.75) is 65.8 Å². The molecule has 1 fully saturated rings.